The molecular weight excluding hydrogens is 482 g/mol. The molecule has 0 unspecified atom stereocenters. The molecule has 0 aliphatic rings. The summed E-state index contributed by atoms with van der Waals surface area (Å²) in [6, 6.07) is 23.0. The Hall–Kier alpha value is -3.16. The molecule has 3 rings (SSSR count). The fourth-order valence-corrected chi connectivity index (χ4v) is 5.53. The molecule has 1 amide bonds. The fraction of sp³-hybridized carbons (Fsp3) is 0.259. The highest BCUT2D eigenvalue weighted by molar-refractivity contribution is 7.92. The second kappa shape index (κ2) is 11.1. The van der Waals surface area contributed by atoms with Crippen molar-refractivity contribution in [2.24, 2.45) is 5.10 Å². The molecule has 6 nitrogen and oxygen atoms in total. The van der Waals surface area contributed by atoms with Gasteiger partial charge in [-0.3, -0.25) is 9.10 Å². The summed E-state index contributed by atoms with van der Waals surface area (Å²) in [7, 11) is -4.03. The number of rotatable bonds is 9. The van der Waals surface area contributed by atoms with E-state index >= 15 is 0 Å². The van der Waals surface area contributed by atoms with Crippen LogP contribution in [0.15, 0.2) is 88.9 Å². The quantitative estimate of drug-likeness (QED) is 0.295. The smallest absolute Gasteiger partial charge is 0.264 e. The number of anilines is 1. The number of benzene rings is 3. The Morgan fingerprint density at radius 1 is 1.00 bits per heavy atom. The number of halogens is 1. The van der Waals surface area contributed by atoms with E-state index in [0.29, 0.717) is 22.7 Å². The van der Waals surface area contributed by atoms with Crippen molar-refractivity contribution in [3.8, 4) is 0 Å². The second-order valence-corrected chi connectivity index (χ2v) is 11.4. The first kappa shape index (κ1) is 26.4. The van der Waals surface area contributed by atoms with Crippen LogP contribution in [-0.2, 0) is 20.2 Å². The van der Waals surface area contributed by atoms with E-state index in [1.807, 2.05) is 25.1 Å². The van der Waals surface area contributed by atoms with Crippen LogP contribution in [0.5, 0.6) is 0 Å². The van der Waals surface area contributed by atoms with Gasteiger partial charge >= 0.3 is 0 Å². The Kier molecular flexibility index (Phi) is 8.35. The van der Waals surface area contributed by atoms with Crippen LogP contribution in [0.4, 0.5) is 5.69 Å². The van der Waals surface area contributed by atoms with Crippen molar-refractivity contribution in [3.05, 3.63) is 95.0 Å². The van der Waals surface area contributed by atoms with Gasteiger partial charge < -0.3 is 0 Å². The summed E-state index contributed by atoms with van der Waals surface area (Å²) < 4.78 is 28.0. The summed E-state index contributed by atoms with van der Waals surface area (Å²) in [6.45, 7) is 7.38. The summed E-state index contributed by atoms with van der Waals surface area (Å²) in [5.41, 5.74) is 5.24. The van der Waals surface area contributed by atoms with Gasteiger partial charge in [-0.1, -0.05) is 80.0 Å². The molecular formula is C27H30ClN3O3S. The average molecular weight is 512 g/mol. The van der Waals surface area contributed by atoms with Gasteiger partial charge in [-0.2, -0.15) is 5.10 Å². The van der Waals surface area contributed by atoms with Gasteiger partial charge in [-0.25, -0.2) is 13.8 Å². The lowest BCUT2D eigenvalue weighted by Crippen LogP contribution is -2.40. The third-order valence-electron chi connectivity index (χ3n) is 5.68. The number of sulfonamides is 1. The lowest BCUT2D eigenvalue weighted by molar-refractivity contribution is -0.119. The molecule has 0 bridgehead atoms. The van der Waals surface area contributed by atoms with E-state index in [2.05, 4.69) is 36.5 Å². The molecule has 0 atom stereocenters. The van der Waals surface area contributed by atoms with Crippen LogP contribution in [-0.4, -0.2) is 26.6 Å². The number of hydrogen-bond donors (Lipinski definition) is 1. The van der Waals surface area contributed by atoms with Crippen molar-refractivity contribution < 1.29 is 13.2 Å². The maximum Gasteiger partial charge on any atom is 0.264 e. The topological polar surface area (TPSA) is 78.8 Å². The van der Waals surface area contributed by atoms with Crippen molar-refractivity contribution in [2.45, 2.75) is 44.4 Å². The second-order valence-electron chi connectivity index (χ2n) is 9.06. The number of nitrogens with zero attached hydrogens (tertiary/aromatic N) is 2. The SMILES string of the molecule is C/C(CC(C)(C)c1ccccc1)=N/NC(=O)CN(c1cc(Cl)ccc1C)S(=O)(=O)c1ccccc1. The van der Waals surface area contributed by atoms with E-state index in [1.165, 1.54) is 12.1 Å². The van der Waals surface area contributed by atoms with Gasteiger partial charge in [0.15, 0.2) is 0 Å². The Bertz CT molecular complexity index is 1310. The minimum atomic E-state index is -4.03. The molecule has 1 N–H and O–H groups in total. The maximum absolute atomic E-state index is 13.5. The minimum Gasteiger partial charge on any atom is -0.271 e. The predicted molar refractivity (Wildman–Crippen MR) is 142 cm³/mol. The Labute approximate surface area is 212 Å². The molecule has 0 aromatic heterocycles. The van der Waals surface area contributed by atoms with Gasteiger partial charge in [0, 0.05) is 10.7 Å². The van der Waals surface area contributed by atoms with E-state index in [1.54, 1.807) is 43.3 Å². The van der Waals surface area contributed by atoms with Gasteiger partial charge in [0.05, 0.1) is 10.6 Å². The molecule has 0 heterocycles. The molecule has 0 radical (unpaired) electrons. The Balaban J connectivity index is 1.83. The van der Waals surface area contributed by atoms with Crippen molar-refractivity contribution >= 4 is 38.9 Å². The van der Waals surface area contributed by atoms with Gasteiger partial charge in [0.25, 0.3) is 15.9 Å². The zero-order chi connectivity index (χ0) is 25.6. The molecule has 0 saturated carbocycles. The first-order valence-electron chi connectivity index (χ1n) is 11.2. The largest absolute Gasteiger partial charge is 0.271 e. The van der Waals surface area contributed by atoms with Crippen LogP contribution < -0.4 is 9.73 Å². The first-order chi connectivity index (χ1) is 16.5. The number of aryl methyl sites for hydroxylation is 1. The van der Waals surface area contributed by atoms with Gasteiger partial charge in [0.2, 0.25) is 0 Å². The van der Waals surface area contributed by atoms with Gasteiger partial charge in [-0.05, 0) is 61.1 Å². The van der Waals surface area contributed by atoms with Crippen molar-refractivity contribution in [2.75, 3.05) is 10.8 Å². The highest BCUT2D eigenvalue weighted by Crippen LogP contribution is 2.30. The molecule has 0 aliphatic carbocycles. The van der Waals surface area contributed by atoms with Crippen LogP contribution in [0, 0.1) is 6.92 Å². The third kappa shape index (κ3) is 6.71. The summed E-state index contributed by atoms with van der Waals surface area (Å²) in [6.07, 6.45) is 0.622. The standard InChI is InChI=1S/C27H30ClN3O3S/c1-20-15-16-23(28)17-25(20)31(35(33,34)24-13-9-6-10-14-24)19-26(32)30-29-21(2)18-27(3,4)22-11-7-5-8-12-22/h5-17H,18-19H2,1-4H3,(H,30,32)/b29-21-. The van der Waals surface area contributed by atoms with Crippen LogP contribution in [0.25, 0.3) is 0 Å². The zero-order valence-electron chi connectivity index (χ0n) is 20.3. The Morgan fingerprint density at radius 2 is 1.60 bits per heavy atom. The van der Waals surface area contributed by atoms with E-state index in [0.717, 1.165) is 15.6 Å². The van der Waals surface area contributed by atoms with Crippen LogP contribution >= 0.6 is 11.6 Å². The molecule has 0 aliphatic heterocycles. The van der Waals surface area contributed by atoms with Crippen molar-refractivity contribution in [1.29, 1.82) is 0 Å². The molecule has 3 aromatic rings. The molecule has 3 aromatic carbocycles. The van der Waals surface area contributed by atoms with Crippen LogP contribution in [0.1, 0.15) is 38.3 Å². The molecule has 0 saturated heterocycles. The lowest BCUT2D eigenvalue weighted by atomic mass is 9.80. The number of carbonyl (C=O) groups is 1. The first-order valence-corrected chi connectivity index (χ1v) is 13.0. The lowest BCUT2D eigenvalue weighted by Gasteiger charge is -2.26. The summed E-state index contributed by atoms with van der Waals surface area (Å²) >= 11 is 6.16. The molecule has 35 heavy (non-hydrogen) atoms. The van der Waals surface area contributed by atoms with E-state index in [4.69, 9.17) is 11.6 Å². The van der Waals surface area contributed by atoms with Crippen molar-refractivity contribution in [1.82, 2.24) is 5.43 Å². The summed E-state index contributed by atoms with van der Waals surface area (Å²) in [4.78, 5) is 13.0. The Morgan fingerprint density at radius 3 is 2.23 bits per heavy atom. The number of nitrogens with one attached hydrogen (secondary N) is 1. The third-order valence-corrected chi connectivity index (χ3v) is 7.69. The number of amides is 1. The molecule has 0 fully saturated rings. The van der Waals surface area contributed by atoms with E-state index < -0.39 is 22.5 Å². The van der Waals surface area contributed by atoms with Gasteiger partial charge in [0.1, 0.15) is 6.54 Å². The molecule has 0 spiro atoms. The van der Waals surface area contributed by atoms with E-state index in [-0.39, 0.29) is 10.3 Å². The average Bonchev–Trinajstić information content (AvgIpc) is 2.83. The summed E-state index contributed by atoms with van der Waals surface area (Å²) in [5.74, 6) is -0.555. The number of hydrogen-bond acceptors (Lipinski definition) is 4. The van der Waals surface area contributed by atoms with Crippen LogP contribution in [0.3, 0.4) is 0 Å². The molecule has 184 valence electrons. The molecule has 8 heteroatoms. The zero-order valence-corrected chi connectivity index (χ0v) is 21.9. The number of hydrazone groups is 1. The summed E-state index contributed by atoms with van der Waals surface area (Å²) in [5, 5.41) is 4.62. The highest BCUT2D eigenvalue weighted by atomic mass is 35.5. The number of carbonyl (C=O) groups excluding carboxylic acids is 1. The van der Waals surface area contributed by atoms with E-state index in [9.17, 15) is 13.2 Å². The maximum atomic E-state index is 13.5. The van der Waals surface area contributed by atoms with Crippen LogP contribution in [0.2, 0.25) is 5.02 Å². The van der Waals surface area contributed by atoms with Crippen molar-refractivity contribution in [3.63, 3.8) is 0 Å². The normalized spacial score (nSPS) is 12.3. The monoisotopic (exact) mass is 511 g/mol. The predicted octanol–water partition coefficient (Wildman–Crippen LogP) is 5.70. The highest BCUT2D eigenvalue weighted by Gasteiger charge is 2.28. The van der Waals surface area contributed by atoms with Gasteiger partial charge in [-0.15, -0.1) is 0 Å². The fourth-order valence-electron chi connectivity index (χ4n) is 3.86. The minimum absolute atomic E-state index is 0.0801.